The van der Waals surface area contributed by atoms with Crippen LogP contribution >= 0.6 is 11.6 Å². The second-order valence-electron chi connectivity index (χ2n) is 10.2. The van der Waals surface area contributed by atoms with Crippen LogP contribution in [0.25, 0.3) is 22.9 Å². The number of nitrogens with one attached hydrogen (secondary N) is 3. The zero-order chi connectivity index (χ0) is 31.6. The van der Waals surface area contributed by atoms with Gasteiger partial charge in [0.15, 0.2) is 5.82 Å². The van der Waals surface area contributed by atoms with Gasteiger partial charge < -0.3 is 20.1 Å². The quantitative estimate of drug-likeness (QED) is 0.167. The molecule has 2 bridgehead atoms. The zero-order valence-corrected chi connectivity index (χ0v) is 25.3. The lowest BCUT2D eigenvalue weighted by Crippen LogP contribution is -2.27. The maximum absolute atomic E-state index is 15.0. The molecule has 1 aliphatic heterocycles. The Morgan fingerprint density at radius 1 is 1.16 bits per heavy atom. The Morgan fingerprint density at radius 2 is 2.04 bits per heavy atom. The Morgan fingerprint density at radius 3 is 2.87 bits per heavy atom. The number of hydrogen-bond acceptors (Lipinski definition) is 9. The number of fused-ring (bicyclic) bond motifs is 4. The third-order valence-corrected chi connectivity index (χ3v) is 7.44. The summed E-state index contributed by atoms with van der Waals surface area (Å²) in [6.45, 7) is 1.18. The van der Waals surface area contributed by atoms with E-state index in [1.807, 2.05) is 24.3 Å². The van der Waals surface area contributed by atoms with Gasteiger partial charge in [-0.1, -0.05) is 30.5 Å². The van der Waals surface area contributed by atoms with E-state index in [4.69, 9.17) is 21.1 Å². The van der Waals surface area contributed by atoms with Crippen LogP contribution in [0.2, 0.25) is 5.02 Å². The van der Waals surface area contributed by atoms with E-state index in [2.05, 4.69) is 36.5 Å². The maximum Gasteiger partial charge on any atom is 0.411 e. The van der Waals surface area contributed by atoms with Gasteiger partial charge in [-0.15, -0.1) is 5.10 Å². The topological polar surface area (TPSA) is 145 Å². The predicted molar refractivity (Wildman–Crippen MR) is 168 cm³/mol. The molecule has 5 rings (SSSR count). The number of carbonyl (C=O) groups is 2. The standard InChI is InChI=1S/C31H32ClFN8O4/c1-44-15-16-45-31(43)37-21-6-7-22-20-12-14-35-27(17-20)25(5-3-2-4-13-34-26(22)18-21)38-29(42)11-8-23-28(41-19-36-39-40-41)10-9-24(32)30(23)33/h6-12,14,17-19,25,34H,2-5,13,15-16H2,1H3,(H,37,43)(H,38,42)/b11-8+/t25-/m0/s1. The predicted octanol–water partition coefficient (Wildman–Crippen LogP) is 5.57. The summed E-state index contributed by atoms with van der Waals surface area (Å²) in [5.74, 6) is -1.11. The van der Waals surface area contributed by atoms with E-state index in [0.29, 0.717) is 30.1 Å². The Labute approximate surface area is 264 Å². The molecule has 14 heteroatoms. The highest BCUT2D eigenvalue weighted by Crippen LogP contribution is 2.33. The van der Waals surface area contributed by atoms with Crippen LogP contribution in [-0.4, -0.2) is 64.1 Å². The highest BCUT2D eigenvalue weighted by Gasteiger charge is 2.19. The number of pyridine rings is 1. The summed E-state index contributed by atoms with van der Waals surface area (Å²) in [6, 6.07) is 12.0. The third kappa shape index (κ3) is 8.19. The summed E-state index contributed by atoms with van der Waals surface area (Å²) in [6.07, 6.45) is 8.40. The van der Waals surface area contributed by atoms with Crippen molar-refractivity contribution in [1.29, 1.82) is 0 Å². The SMILES string of the molecule is COCCOC(=O)Nc1ccc2c(c1)NCCCCC[C@H](NC(=O)/C=C/c1c(-n3cnnn3)ccc(Cl)c1F)c1cc-2ccn1. The van der Waals surface area contributed by atoms with Crippen molar-refractivity contribution < 1.29 is 23.5 Å². The molecule has 234 valence electrons. The molecule has 1 aliphatic rings. The fraction of sp³-hybridized carbons (Fsp3) is 0.290. The van der Waals surface area contributed by atoms with Crippen LogP contribution in [0.3, 0.4) is 0 Å². The lowest BCUT2D eigenvalue weighted by atomic mass is 9.98. The molecule has 2 amide bonds. The molecule has 1 atom stereocenters. The average molecular weight is 635 g/mol. The zero-order valence-electron chi connectivity index (χ0n) is 24.5. The number of benzene rings is 2. The summed E-state index contributed by atoms with van der Waals surface area (Å²) in [7, 11) is 1.54. The van der Waals surface area contributed by atoms with E-state index < -0.39 is 17.8 Å². The number of nitrogens with zero attached hydrogens (tertiary/aromatic N) is 5. The molecule has 3 heterocycles. The van der Waals surface area contributed by atoms with Crippen molar-refractivity contribution in [2.24, 2.45) is 0 Å². The molecule has 0 aliphatic carbocycles. The van der Waals surface area contributed by atoms with Gasteiger partial charge in [0.25, 0.3) is 0 Å². The summed E-state index contributed by atoms with van der Waals surface area (Å²) in [5.41, 5.74) is 4.32. The van der Waals surface area contributed by atoms with Gasteiger partial charge in [-0.25, -0.2) is 9.18 Å². The van der Waals surface area contributed by atoms with Gasteiger partial charge in [-0.2, -0.15) is 4.68 Å². The van der Waals surface area contributed by atoms with Crippen LogP contribution in [0, 0.1) is 5.82 Å². The van der Waals surface area contributed by atoms with Crippen molar-refractivity contribution in [3.05, 3.63) is 83.2 Å². The number of ether oxygens (including phenoxy) is 2. The van der Waals surface area contributed by atoms with Gasteiger partial charge in [0, 0.05) is 48.4 Å². The van der Waals surface area contributed by atoms with E-state index in [-0.39, 0.29) is 23.2 Å². The van der Waals surface area contributed by atoms with Gasteiger partial charge >= 0.3 is 6.09 Å². The first-order valence-electron chi connectivity index (χ1n) is 14.4. The first-order chi connectivity index (χ1) is 21.9. The summed E-state index contributed by atoms with van der Waals surface area (Å²) in [4.78, 5) is 29.9. The molecule has 4 aromatic rings. The molecular formula is C31H32ClFN8O4. The van der Waals surface area contributed by atoms with E-state index in [1.165, 1.54) is 36.3 Å². The Kier molecular flexibility index (Phi) is 10.7. The Balaban J connectivity index is 1.37. The van der Waals surface area contributed by atoms with Crippen molar-refractivity contribution in [2.75, 3.05) is 37.5 Å². The van der Waals surface area contributed by atoms with Crippen LogP contribution in [0.15, 0.2) is 61.1 Å². The molecule has 2 aromatic heterocycles. The van der Waals surface area contributed by atoms with E-state index >= 15 is 0 Å². The van der Waals surface area contributed by atoms with Crippen LogP contribution in [0.4, 0.5) is 20.6 Å². The molecule has 0 spiro atoms. The summed E-state index contributed by atoms with van der Waals surface area (Å²) >= 11 is 6.02. The molecule has 0 radical (unpaired) electrons. The maximum atomic E-state index is 15.0. The molecule has 0 fully saturated rings. The van der Waals surface area contributed by atoms with Crippen molar-refractivity contribution >= 4 is 41.1 Å². The minimum atomic E-state index is -0.692. The van der Waals surface area contributed by atoms with Gasteiger partial charge in [-0.05, 0) is 71.3 Å². The second kappa shape index (κ2) is 15.2. The molecule has 0 saturated carbocycles. The average Bonchev–Trinajstić information content (AvgIpc) is 3.57. The lowest BCUT2D eigenvalue weighted by Gasteiger charge is -2.21. The highest BCUT2D eigenvalue weighted by atomic mass is 35.5. The second-order valence-corrected chi connectivity index (χ2v) is 10.6. The largest absolute Gasteiger partial charge is 0.447 e. The number of anilines is 2. The van der Waals surface area contributed by atoms with Gasteiger partial charge in [0.2, 0.25) is 5.91 Å². The minimum Gasteiger partial charge on any atom is -0.447 e. The van der Waals surface area contributed by atoms with E-state index in [1.54, 1.807) is 18.3 Å². The number of halogens is 2. The number of amides is 2. The minimum absolute atomic E-state index is 0.0740. The summed E-state index contributed by atoms with van der Waals surface area (Å²) in [5, 5.41) is 20.2. The molecule has 0 saturated heterocycles. The molecule has 3 N–H and O–H groups in total. The van der Waals surface area contributed by atoms with Gasteiger partial charge in [0.05, 0.1) is 29.1 Å². The molecule has 0 unspecified atom stereocenters. The Hall–Kier alpha value is -4.88. The smallest absolute Gasteiger partial charge is 0.411 e. The monoisotopic (exact) mass is 634 g/mol. The highest BCUT2D eigenvalue weighted by molar-refractivity contribution is 6.31. The van der Waals surface area contributed by atoms with Crippen LogP contribution in [0.1, 0.15) is 43.0 Å². The van der Waals surface area contributed by atoms with Crippen molar-refractivity contribution in [3.63, 3.8) is 0 Å². The first kappa shape index (κ1) is 31.5. The van der Waals surface area contributed by atoms with Crippen LogP contribution in [-0.2, 0) is 14.3 Å². The normalized spacial score (nSPS) is 14.9. The van der Waals surface area contributed by atoms with Crippen LogP contribution in [0.5, 0.6) is 0 Å². The van der Waals surface area contributed by atoms with Crippen molar-refractivity contribution in [3.8, 4) is 16.8 Å². The number of aromatic nitrogens is 5. The van der Waals surface area contributed by atoms with Crippen molar-refractivity contribution in [2.45, 2.75) is 31.7 Å². The number of rotatable bonds is 8. The number of carbonyl (C=O) groups excluding carboxylic acids is 2. The first-order valence-corrected chi connectivity index (χ1v) is 14.8. The third-order valence-electron chi connectivity index (χ3n) is 7.14. The fourth-order valence-corrected chi connectivity index (χ4v) is 5.10. The van der Waals surface area contributed by atoms with Crippen molar-refractivity contribution in [1.82, 2.24) is 30.5 Å². The van der Waals surface area contributed by atoms with E-state index in [9.17, 15) is 14.0 Å². The van der Waals surface area contributed by atoms with Crippen LogP contribution < -0.4 is 16.0 Å². The molecule has 12 nitrogen and oxygen atoms in total. The van der Waals surface area contributed by atoms with Gasteiger partial charge in [0.1, 0.15) is 12.9 Å². The number of hydrogen-bond donors (Lipinski definition) is 3. The number of tetrazole rings is 1. The summed E-state index contributed by atoms with van der Waals surface area (Å²) < 4.78 is 26.3. The molecule has 45 heavy (non-hydrogen) atoms. The lowest BCUT2D eigenvalue weighted by molar-refractivity contribution is -0.117. The molecular weight excluding hydrogens is 603 g/mol. The number of methoxy groups -OCH3 is 1. The fourth-order valence-electron chi connectivity index (χ4n) is 4.93. The van der Waals surface area contributed by atoms with Gasteiger partial charge in [-0.3, -0.25) is 15.1 Å². The Bertz CT molecular complexity index is 1670. The molecule has 2 aromatic carbocycles. The van der Waals surface area contributed by atoms with E-state index in [0.717, 1.165) is 42.6 Å².